The van der Waals surface area contributed by atoms with Gasteiger partial charge >= 0.3 is 6.18 Å². The fourth-order valence-corrected chi connectivity index (χ4v) is 3.60. The van der Waals surface area contributed by atoms with E-state index in [2.05, 4.69) is 24.1 Å². The maximum absolute atomic E-state index is 13.7. The molecule has 1 aliphatic heterocycles. The number of rotatable bonds is 6. The highest BCUT2D eigenvalue weighted by Crippen LogP contribution is 2.41. The fraction of sp³-hybridized carbons (Fsp3) is 0.667. The van der Waals surface area contributed by atoms with Crippen LogP contribution < -0.4 is 10.1 Å². The molecule has 1 heterocycles. The SMILES string of the molecule is CCCC(C)[C@H](c1ccc(OC)cc1C(F)(F)F)N1CCNCC1. The molecule has 3 nitrogen and oxygen atoms in total. The monoisotopic (exact) mass is 344 g/mol. The minimum Gasteiger partial charge on any atom is -0.497 e. The summed E-state index contributed by atoms with van der Waals surface area (Å²) < 4.78 is 46.0. The maximum Gasteiger partial charge on any atom is 0.416 e. The van der Waals surface area contributed by atoms with E-state index in [1.165, 1.54) is 7.11 Å². The summed E-state index contributed by atoms with van der Waals surface area (Å²) in [4.78, 5) is 2.19. The summed E-state index contributed by atoms with van der Waals surface area (Å²) in [7, 11) is 1.39. The second-order valence-electron chi connectivity index (χ2n) is 6.45. The van der Waals surface area contributed by atoms with Gasteiger partial charge in [-0.1, -0.05) is 26.3 Å². The molecule has 0 saturated carbocycles. The number of ether oxygens (including phenoxy) is 1. The van der Waals surface area contributed by atoms with Crippen LogP contribution in [0, 0.1) is 5.92 Å². The van der Waals surface area contributed by atoms with Crippen LogP contribution in [0.2, 0.25) is 0 Å². The highest BCUT2D eigenvalue weighted by Gasteiger charge is 2.38. The first-order valence-corrected chi connectivity index (χ1v) is 8.58. The van der Waals surface area contributed by atoms with Crippen molar-refractivity contribution in [3.05, 3.63) is 29.3 Å². The third-order valence-corrected chi connectivity index (χ3v) is 4.71. The Balaban J connectivity index is 2.47. The summed E-state index contributed by atoms with van der Waals surface area (Å²) in [5.74, 6) is 0.399. The topological polar surface area (TPSA) is 24.5 Å². The highest BCUT2D eigenvalue weighted by atomic mass is 19.4. The second-order valence-corrected chi connectivity index (χ2v) is 6.45. The van der Waals surface area contributed by atoms with Crippen LogP contribution in [0.1, 0.15) is 43.9 Å². The van der Waals surface area contributed by atoms with Crippen molar-refractivity contribution in [2.24, 2.45) is 5.92 Å². The van der Waals surface area contributed by atoms with Gasteiger partial charge in [0.1, 0.15) is 5.75 Å². The van der Waals surface area contributed by atoms with Gasteiger partial charge in [0.2, 0.25) is 0 Å². The van der Waals surface area contributed by atoms with E-state index in [0.717, 1.165) is 45.1 Å². The number of hydrogen-bond donors (Lipinski definition) is 1. The largest absolute Gasteiger partial charge is 0.497 e. The Morgan fingerprint density at radius 1 is 1.25 bits per heavy atom. The van der Waals surface area contributed by atoms with Crippen LogP contribution in [-0.4, -0.2) is 38.2 Å². The van der Waals surface area contributed by atoms with E-state index in [1.54, 1.807) is 12.1 Å². The lowest BCUT2D eigenvalue weighted by atomic mass is 9.86. The van der Waals surface area contributed by atoms with Crippen LogP contribution >= 0.6 is 0 Å². The van der Waals surface area contributed by atoms with E-state index < -0.39 is 11.7 Å². The smallest absolute Gasteiger partial charge is 0.416 e. The van der Waals surface area contributed by atoms with Gasteiger partial charge in [0.05, 0.1) is 12.7 Å². The number of halogens is 3. The summed E-state index contributed by atoms with van der Waals surface area (Å²) >= 11 is 0. The molecule has 6 heteroatoms. The maximum atomic E-state index is 13.7. The van der Waals surface area contributed by atoms with Crippen molar-refractivity contribution in [3.63, 3.8) is 0 Å². The third-order valence-electron chi connectivity index (χ3n) is 4.71. The first kappa shape index (κ1) is 19.1. The molecule has 1 aliphatic rings. The molecule has 136 valence electrons. The van der Waals surface area contributed by atoms with Crippen molar-refractivity contribution >= 4 is 0 Å². The Morgan fingerprint density at radius 3 is 2.46 bits per heavy atom. The van der Waals surface area contributed by atoms with Crippen LogP contribution in [0.25, 0.3) is 0 Å². The normalized spacial score (nSPS) is 19.1. The number of piperazine rings is 1. The molecule has 0 aliphatic carbocycles. The standard InChI is InChI=1S/C18H27F3N2O/c1-4-5-13(2)17(23-10-8-22-9-11-23)15-7-6-14(24-3)12-16(15)18(19,20)21/h6-7,12-13,17,22H,4-5,8-11H2,1-3H3/t13?,17-/m1/s1. The average Bonchev–Trinajstić information content (AvgIpc) is 2.55. The molecule has 2 rings (SSSR count). The molecule has 1 unspecified atom stereocenters. The van der Waals surface area contributed by atoms with E-state index in [-0.39, 0.29) is 17.7 Å². The van der Waals surface area contributed by atoms with Gasteiger partial charge in [-0.25, -0.2) is 0 Å². The molecule has 1 aromatic carbocycles. The average molecular weight is 344 g/mol. The fourth-order valence-electron chi connectivity index (χ4n) is 3.60. The van der Waals surface area contributed by atoms with Gasteiger partial charge in [0, 0.05) is 32.2 Å². The predicted octanol–water partition coefficient (Wildman–Crippen LogP) is 4.10. The molecule has 1 aromatic rings. The first-order chi connectivity index (χ1) is 11.4. The third kappa shape index (κ3) is 4.42. The van der Waals surface area contributed by atoms with Gasteiger partial charge in [0.25, 0.3) is 0 Å². The molecule has 0 spiro atoms. The number of benzene rings is 1. The Labute approximate surface area is 142 Å². The second kappa shape index (κ2) is 8.21. The van der Waals surface area contributed by atoms with Crippen LogP contribution in [0.5, 0.6) is 5.75 Å². The lowest BCUT2D eigenvalue weighted by Crippen LogP contribution is -2.47. The number of nitrogens with zero attached hydrogens (tertiary/aromatic N) is 1. The summed E-state index contributed by atoms with van der Waals surface area (Å²) in [6, 6.07) is 4.14. The van der Waals surface area contributed by atoms with Crippen molar-refractivity contribution in [1.29, 1.82) is 0 Å². The van der Waals surface area contributed by atoms with Crippen molar-refractivity contribution in [1.82, 2.24) is 10.2 Å². The van der Waals surface area contributed by atoms with Crippen LogP contribution in [-0.2, 0) is 6.18 Å². The van der Waals surface area contributed by atoms with Crippen LogP contribution in [0.4, 0.5) is 13.2 Å². The molecule has 0 amide bonds. The molecular formula is C18H27F3N2O. The summed E-state index contributed by atoms with van der Waals surface area (Å²) in [5, 5.41) is 3.27. The van der Waals surface area contributed by atoms with Gasteiger partial charge in [-0.2, -0.15) is 13.2 Å². The summed E-state index contributed by atoms with van der Waals surface area (Å²) in [6.45, 7) is 7.29. The van der Waals surface area contributed by atoms with Crippen molar-refractivity contribution in [2.75, 3.05) is 33.3 Å². The molecule has 2 atom stereocenters. The zero-order chi connectivity index (χ0) is 17.7. The van der Waals surface area contributed by atoms with Gasteiger partial charge in [-0.3, -0.25) is 4.90 Å². The molecule has 24 heavy (non-hydrogen) atoms. The summed E-state index contributed by atoms with van der Waals surface area (Å²) in [5.41, 5.74) is -0.209. The Bertz CT molecular complexity index is 527. The summed E-state index contributed by atoms with van der Waals surface area (Å²) in [6.07, 6.45) is -2.53. The predicted molar refractivity (Wildman–Crippen MR) is 89.3 cm³/mol. The minimum absolute atomic E-state index is 0.155. The Hall–Kier alpha value is -1.27. The highest BCUT2D eigenvalue weighted by molar-refractivity contribution is 5.39. The Morgan fingerprint density at radius 2 is 1.92 bits per heavy atom. The van der Waals surface area contributed by atoms with Crippen LogP contribution in [0.15, 0.2) is 18.2 Å². The van der Waals surface area contributed by atoms with Crippen molar-refractivity contribution in [2.45, 2.75) is 38.9 Å². The zero-order valence-corrected chi connectivity index (χ0v) is 14.6. The van der Waals surface area contributed by atoms with Crippen LogP contribution in [0.3, 0.4) is 0 Å². The molecule has 0 radical (unpaired) electrons. The molecular weight excluding hydrogens is 317 g/mol. The Kier molecular flexibility index (Phi) is 6.52. The number of alkyl halides is 3. The molecule has 1 saturated heterocycles. The molecule has 0 aromatic heterocycles. The van der Waals surface area contributed by atoms with E-state index in [0.29, 0.717) is 5.56 Å². The first-order valence-electron chi connectivity index (χ1n) is 8.58. The van der Waals surface area contributed by atoms with Gasteiger partial charge < -0.3 is 10.1 Å². The number of hydrogen-bond acceptors (Lipinski definition) is 3. The lowest BCUT2D eigenvalue weighted by Gasteiger charge is -2.39. The molecule has 1 fully saturated rings. The molecule has 0 bridgehead atoms. The van der Waals surface area contributed by atoms with Crippen molar-refractivity contribution in [3.8, 4) is 5.75 Å². The quantitative estimate of drug-likeness (QED) is 0.841. The van der Waals surface area contributed by atoms with Gasteiger partial charge in [-0.15, -0.1) is 0 Å². The number of nitrogens with one attached hydrogen (secondary N) is 1. The zero-order valence-electron chi connectivity index (χ0n) is 14.6. The minimum atomic E-state index is -4.39. The lowest BCUT2D eigenvalue weighted by molar-refractivity contribution is -0.139. The van der Waals surface area contributed by atoms with E-state index in [1.807, 2.05) is 0 Å². The van der Waals surface area contributed by atoms with E-state index in [4.69, 9.17) is 4.74 Å². The van der Waals surface area contributed by atoms with Crippen molar-refractivity contribution < 1.29 is 17.9 Å². The van der Waals surface area contributed by atoms with E-state index in [9.17, 15) is 13.2 Å². The van der Waals surface area contributed by atoms with Gasteiger partial charge in [-0.05, 0) is 30.0 Å². The molecule has 1 N–H and O–H groups in total. The number of methoxy groups -OCH3 is 1. The van der Waals surface area contributed by atoms with Gasteiger partial charge in [0.15, 0.2) is 0 Å². The van der Waals surface area contributed by atoms with E-state index >= 15 is 0 Å².